The van der Waals surface area contributed by atoms with E-state index in [1.807, 2.05) is 0 Å². The Morgan fingerprint density at radius 2 is 1.80 bits per heavy atom. The largest absolute Gasteiger partial charge is 0.343 e. The zero-order valence-corrected chi connectivity index (χ0v) is 16.3. The van der Waals surface area contributed by atoms with Gasteiger partial charge in [-0.3, -0.25) is 0 Å². The van der Waals surface area contributed by atoms with Crippen molar-refractivity contribution in [3.8, 4) is 0 Å². The maximum Gasteiger partial charge on any atom is 0.206 e. The average molecular weight is 466 g/mol. The molecule has 0 amide bonds. The summed E-state index contributed by atoms with van der Waals surface area (Å²) in [6, 6.07) is 0. The summed E-state index contributed by atoms with van der Waals surface area (Å²) in [5.74, 6) is 1.09. The quantitative estimate of drug-likeness (QED) is 0.587. The number of aromatic nitrogens is 2. The highest BCUT2D eigenvalue weighted by Crippen LogP contribution is 2.44. The van der Waals surface area contributed by atoms with Crippen LogP contribution in [-0.2, 0) is 13.0 Å². The summed E-state index contributed by atoms with van der Waals surface area (Å²) in [5.41, 5.74) is 3.71. The molecule has 0 fully saturated rings. The van der Waals surface area contributed by atoms with Crippen LogP contribution < -0.4 is 4.90 Å². The summed E-state index contributed by atoms with van der Waals surface area (Å²) in [5, 5.41) is 0. The highest BCUT2D eigenvalue weighted by atomic mass is 79.9. The summed E-state index contributed by atoms with van der Waals surface area (Å²) < 4.78 is 5.64. The van der Waals surface area contributed by atoms with Gasteiger partial charge in [-0.15, -0.1) is 0 Å². The Bertz CT molecular complexity index is 674. The van der Waals surface area contributed by atoms with Gasteiger partial charge in [0.05, 0.1) is 9.99 Å². The van der Waals surface area contributed by atoms with Crippen LogP contribution in [0, 0.1) is 0 Å². The van der Waals surface area contributed by atoms with E-state index in [-0.39, 0.29) is 0 Å². The molecule has 20 heavy (non-hydrogen) atoms. The van der Waals surface area contributed by atoms with Crippen molar-refractivity contribution < 1.29 is 0 Å². The van der Waals surface area contributed by atoms with Crippen molar-refractivity contribution in [1.29, 1.82) is 0 Å². The summed E-state index contributed by atoms with van der Waals surface area (Å²) in [4.78, 5) is 7.24. The summed E-state index contributed by atoms with van der Waals surface area (Å²) in [7, 11) is 0. The van der Waals surface area contributed by atoms with Gasteiger partial charge in [0.15, 0.2) is 0 Å². The second-order valence-electron chi connectivity index (χ2n) is 4.96. The third-order valence-corrected chi connectivity index (χ3v) is 7.45. The molecule has 3 nitrogen and oxygen atoms in total. The van der Waals surface area contributed by atoms with Crippen LogP contribution in [0.25, 0.3) is 11.0 Å². The van der Waals surface area contributed by atoms with Crippen molar-refractivity contribution in [2.24, 2.45) is 0 Å². The van der Waals surface area contributed by atoms with E-state index in [1.165, 1.54) is 17.5 Å². The van der Waals surface area contributed by atoms with Gasteiger partial charge in [-0.1, -0.05) is 0 Å². The normalized spacial score (nSPS) is 14.1. The Balaban J connectivity index is 2.38. The molecular formula is C14H16Br3N3. The lowest BCUT2D eigenvalue weighted by Crippen LogP contribution is -2.26. The first-order valence-corrected chi connectivity index (χ1v) is 9.28. The minimum Gasteiger partial charge on any atom is -0.343 e. The van der Waals surface area contributed by atoms with Gasteiger partial charge in [-0.05, 0) is 80.0 Å². The first-order chi connectivity index (χ1) is 9.60. The molecule has 0 saturated heterocycles. The molecule has 0 aliphatic carbocycles. The molecule has 0 unspecified atom stereocenters. The first kappa shape index (κ1) is 14.9. The van der Waals surface area contributed by atoms with Gasteiger partial charge in [-0.2, -0.15) is 0 Å². The van der Waals surface area contributed by atoms with Crippen LogP contribution in [0.3, 0.4) is 0 Å². The highest BCUT2D eigenvalue weighted by molar-refractivity contribution is 9.14. The Kier molecular flexibility index (Phi) is 4.17. The lowest BCUT2D eigenvalue weighted by atomic mass is 10.0. The molecule has 6 heteroatoms. The van der Waals surface area contributed by atoms with Crippen LogP contribution in [0.5, 0.6) is 0 Å². The number of nitrogens with zero attached hydrogens (tertiary/aromatic N) is 3. The smallest absolute Gasteiger partial charge is 0.206 e. The summed E-state index contributed by atoms with van der Waals surface area (Å²) >= 11 is 11.1. The van der Waals surface area contributed by atoms with E-state index < -0.39 is 0 Å². The van der Waals surface area contributed by atoms with Crippen molar-refractivity contribution in [2.75, 3.05) is 18.0 Å². The van der Waals surface area contributed by atoms with Crippen molar-refractivity contribution in [2.45, 2.75) is 33.2 Å². The second kappa shape index (κ2) is 5.61. The van der Waals surface area contributed by atoms with Gasteiger partial charge < -0.3 is 9.47 Å². The topological polar surface area (TPSA) is 21.1 Å². The van der Waals surface area contributed by atoms with Crippen LogP contribution in [-0.4, -0.2) is 22.6 Å². The lowest BCUT2D eigenvalue weighted by molar-refractivity contribution is 0.618. The number of benzene rings is 1. The Morgan fingerprint density at radius 3 is 2.45 bits per heavy atom. The van der Waals surface area contributed by atoms with Crippen molar-refractivity contribution in [3.05, 3.63) is 19.0 Å². The molecule has 1 aromatic carbocycles. The molecule has 0 atom stereocenters. The van der Waals surface area contributed by atoms with Gasteiger partial charge in [0, 0.05) is 28.6 Å². The molecule has 0 spiro atoms. The molecular weight excluding hydrogens is 450 g/mol. The number of halogens is 3. The zero-order chi connectivity index (χ0) is 14.4. The van der Waals surface area contributed by atoms with Crippen molar-refractivity contribution in [3.63, 3.8) is 0 Å². The molecule has 0 radical (unpaired) electrons. The standard InChI is InChI=1S/C14H16Br3N3/c1-3-19(4-2)14-18-12-11(17)10(16)9(15)8-6-5-7-20(14)13(8)12/h3-7H2,1-2H3. The second-order valence-corrected chi connectivity index (χ2v) is 7.34. The Hall–Kier alpha value is -0.0700. The monoisotopic (exact) mass is 463 g/mol. The third kappa shape index (κ3) is 2.06. The van der Waals surface area contributed by atoms with E-state index in [4.69, 9.17) is 4.98 Å². The van der Waals surface area contributed by atoms with E-state index in [0.29, 0.717) is 0 Å². The maximum absolute atomic E-state index is 4.92. The predicted octanol–water partition coefficient (Wildman–Crippen LogP) is 5.12. The van der Waals surface area contributed by atoms with Gasteiger partial charge >= 0.3 is 0 Å². The van der Waals surface area contributed by atoms with E-state index in [9.17, 15) is 0 Å². The average Bonchev–Trinajstić information content (AvgIpc) is 2.85. The Labute approximate surface area is 144 Å². The minimum absolute atomic E-state index is 0.981. The number of hydrogen-bond acceptors (Lipinski definition) is 2. The number of rotatable bonds is 3. The van der Waals surface area contributed by atoms with Gasteiger partial charge in [0.25, 0.3) is 0 Å². The number of imidazole rings is 1. The number of hydrogen-bond donors (Lipinski definition) is 0. The van der Waals surface area contributed by atoms with Crippen LogP contribution >= 0.6 is 47.8 Å². The number of anilines is 1. The molecule has 2 aromatic rings. The molecule has 2 heterocycles. The molecule has 0 bridgehead atoms. The van der Waals surface area contributed by atoms with Gasteiger partial charge in [-0.25, -0.2) is 4.98 Å². The van der Waals surface area contributed by atoms with E-state index in [2.05, 4.69) is 71.1 Å². The fourth-order valence-electron chi connectivity index (χ4n) is 2.94. The lowest BCUT2D eigenvalue weighted by Gasteiger charge is -2.24. The van der Waals surface area contributed by atoms with Crippen LogP contribution in [0.1, 0.15) is 25.8 Å². The Morgan fingerprint density at radius 1 is 1.10 bits per heavy atom. The first-order valence-electron chi connectivity index (χ1n) is 6.90. The molecule has 0 saturated carbocycles. The number of aryl methyl sites for hydroxylation is 2. The fraction of sp³-hybridized carbons (Fsp3) is 0.500. The third-order valence-electron chi connectivity index (χ3n) is 3.95. The van der Waals surface area contributed by atoms with Crippen molar-refractivity contribution >= 4 is 64.8 Å². The van der Waals surface area contributed by atoms with Crippen molar-refractivity contribution in [1.82, 2.24) is 9.55 Å². The fourth-order valence-corrected chi connectivity index (χ4v) is 4.69. The molecule has 3 rings (SSSR count). The van der Waals surface area contributed by atoms with Gasteiger partial charge in [0.1, 0.15) is 5.52 Å². The summed E-state index contributed by atoms with van der Waals surface area (Å²) in [6.07, 6.45) is 2.27. The zero-order valence-electron chi connectivity index (χ0n) is 11.5. The molecule has 1 aliphatic heterocycles. The predicted molar refractivity (Wildman–Crippen MR) is 94.7 cm³/mol. The van der Waals surface area contributed by atoms with Gasteiger partial charge in [0.2, 0.25) is 5.95 Å². The molecule has 1 aliphatic rings. The minimum atomic E-state index is 0.981. The van der Waals surface area contributed by atoms with Crippen LogP contribution in [0.4, 0.5) is 5.95 Å². The maximum atomic E-state index is 4.92. The van der Waals surface area contributed by atoms with E-state index in [0.717, 1.165) is 50.9 Å². The SMILES string of the molecule is CCN(CC)c1nc2c(Br)c(Br)c(Br)c3c2n1CCC3. The van der Waals surface area contributed by atoms with Crippen LogP contribution in [0.15, 0.2) is 13.4 Å². The van der Waals surface area contributed by atoms with E-state index >= 15 is 0 Å². The highest BCUT2D eigenvalue weighted by Gasteiger charge is 2.26. The molecule has 1 aromatic heterocycles. The summed E-state index contributed by atoms with van der Waals surface area (Å²) in [6.45, 7) is 7.38. The molecule has 108 valence electrons. The van der Waals surface area contributed by atoms with Crippen LogP contribution in [0.2, 0.25) is 0 Å². The molecule has 0 N–H and O–H groups in total. The van der Waals surface area contributed by atoms with E-state index in [1.54, 1.807) is 0 Å².